The molecule has 1 aliphatic carbocycles. The molecule has 0 aromatic heterocycles. The van der Waals surface area contributed by atoms with E-state index in [-0.39, 0.29) is 11.7 Å². The van der Waals surface area contributed by atoms with Crippen LogP contribution in [0.1, 0.15) is 45.4 Å². The van der Waals surface area contributed by atoms with Crippen LogP contribution in [-0.4, -0.2) is 23.5 Å². The topological polar surface area (TPSA) is 87.7 Å². The molecule has 0 heterocycles. The monoisotopic (exact) mass is 227 g/mol. The molecule has 4 N–H and O–H groups in total. The van der Waals surface area contributed by atoms with Gasteiger partial charge in [0.25, 0.3) is 0 Å². The van der Waals surface area contributed by atoms with Gasteiger partial charge in [-0.05, 0) is 19.3 Å². The van der Waals surface area contributed by atoms with Crippen molar-refractivity contribution in [1.82, 2.24) is 5.32 Å². The van der Waals surface area contributed by atoms with Gasteiger partial charge in [-0.1, -0.05) is 31.3 Å². The van der Waals surface area contributed by atoms with Crippen molar-refractivity contribution in [3.8, 4) is 0 Å². The maximum absolute atomic E-state index is 12.1. The fraction of sp³-hybridized carbons (Fsp3) is 0.818. The number of nitrogens with zero attached hydrogens (tertiary/aromatic N) is 1. The molecule has 1 aliphatic rings. The highest BCUT2D eigenvalue weighted by molar-refractivity contribution is 6.07. The Labute approximate surface area is 96.1 Å². The molecule has 0 aliphatic heterocycles. The van der Waals surface area contributed by atoms with Gasteiger partial charge in [0.1, 0.15) is 5.41 Å². The van der Waals surface area contributed by atoms with Crippen LogP contribution in [0.4, 0.5) is 0 Å². The molecular weight excluding hydrogens is 206 g/mol. The van der Waals surface area contributed by atoms with Crippen LogP contribution < -0.4 is 11.1 Å². The molecule has 1 amide bonds. The number of amidine groups is 1. The zero-order valence-electron chi connectivity index (χ0n) is 9.83. The Morgan fingerprint density at radius 1 is 1.50 bits per heavy atom. The first kappa shape index (κ1) is 12.8. The number of unbranched alkanes of at least 4 members (excludes halogenated alkanes) is 1. The molecule has 1 saturated carbocycles. The lowest BCUT2D eigenvalue weighted by molar-refractivity contribution is -0.127. The van der Waals surface area contributed by atoms with Crippen molar-refractivity contribution >= 4 is 11.7 Å². The zero-order valence-corrected chi connectivity index (χ0v) is 9.83. The SMILES string of the molecule is CCCCNC(=O)C1(C(N)=NO)CCCC1. The van der Waals surface area contributed by atoms with E-state index in [2.05, 4.69) is 17.4 Å². The summed E-state index contributed by atoms with van der Waals surface area (Å²) in [5.74, 6) is -0.0345. The maximum atomic E-state index is 12.1. The van der Waals surface area contributed by atoms with E-state index in [1.54, 1.807) is 0 Å². The zero-order chi connectivity index (χ0) is 12.0. The number of nitrogens with one attached hydrogen (secondary N) is 1. The summed E-state index contributed by atoms with van der Waals surface area (Å²) in [5, 5.41) is 14.7. The number of amides is 1. The molecule has 1 fully saturated rings. The van der Waals surface area contributed by atoms with Gasteiger partial charge in [-0.25, -0.2) is 0 Å². The molecule has 5 nitrogen and oxygen atoms in total. The molecule has 0 atom stereocenters. The molecule has 0 unspecified atom stereocenters. The van der Waals surface area contributed by atoms with Crippen molar-refractivity contribution in [3.05, 3.63) is 0 Å². The Balaban J connectivity index is 2.66. The Kier molecular flexibility index (Phi) is 4.58. The smallest absolute Gasteiger partial charge is 0.233 e. The summed E-state index contributed by atoms with van der Waals surface area (Å²) in [4.78, 5) is 12.1. The van der Waals surface area contributed by atoms with Gasteiger partial charge in [0.15, 0.2) is 5.84 Å². The van der Waals surface area contributed by atoms with Crippen molar-refractivity contribution < 1.29 is 10.0 Å². The average Bonchev–Trinajstić information content (AvgIpc) is 2.78. The summed E-state index contributed by atoms with van der Waals surface area (Å²) < 4.78 is 0. The number of nitrogens with two attached hydrogens (primary N) is 1. The molecule has 0 aromatic rings. The largest absolute Gasteiger partial charge is 0.409 e. The number of carbonyl (C=O) groups excluding carboxylic acids is 1. The predicted octanol–water partition coefficient (Wildman–Crippen LogP) is 1.21. The molecule has 0 radical (unpaired) electrons. The first-order chi connectivity index (χ1) is 7.67. The highest BCUT2D eigenvalue weighted by Crippen LogP contribution is 2.38. The fourth-order valence-electron chi connectivity index (χ4n) is 2.22. The maximum Gasteiger partial charge on any atom is 0.233 e. The summed E-state index contributed by atoms with van der Waals surface area (Å²) in [5.41, 5.74) is 4.90. The van der Waals surface area contributed by atoms with Crippen LogP contribution in [0.25, 0.3) is 0 Å². The number of hydrogen-bond donors (Lipinski definition) is 3. The minimum Gasteiger partial charge on any atom is -0.409 e. The molecule has 16 heavy (non-hydrogen) atoms. The van der Waals surface area contributed by atoms with Gasteiger partial charge in [0.2, 0.25) is 5.91 Å². The van der Waals surface area contributed by atoms with Crippen LogP contribution in [0, 0.1) is 5.41 Å². The summed E-state index contributed by atoms with van der Waals surface area (Å²) in [6.07, 6.45) is 5.27. The predicted molar refractivity (Wildman–Crippen MR) is 62.2 cm³/mol. The third kappa shape index (κ3) is 2.46. The third-order valence-electron chi connectivity index (χ3n) is 3.31. The van der Waals surface area contributed by atoms with E-state index in [0.717, 1.165) is 25.7 Å². The first-order valence-corrected chi connectivity index (χ1v) is 5.93. The van der Waals surface area contributed by atoms with Crippen LogP contribution >= 0.6 is 0 Å². The normalized spacial score (nSPS) is 19.7. The van der Waals surface area contributed by atoms with Gasteiger partial charge in [0.05, 0.1) is 0 Å². The van der Waals surface area contributed by atoms with Crippen molar-refractivity contribution in [2.24, 2.45) is 16.3 Å². The van der Waals surface area contributed by atoms with E-state index in [4.69, 9.17) is 10.9 Å². The molecule has 0 bridgehead atoms. The van der Waals surface area contributed by atoms with E-state index in [1.165, 1.54) is 0 Å². The molecule has 5 heteroatoms. The molecule has 0 aromatic carbocycles. The molecule has 0 saturated heterocycles. The summed E-state index contributed by atoms with van der Waals surface area (Å²) in [7, 11) is 0. The lowest BCUT2D eigenvalue weighted by Gasteiger charge is -2.25. The quantitative estimate of drug-likeness (QED) is 0.217. The van der Waals surface area contributed by atoms with Crippen LogP contribution in [0.2, 0.25) is 0 Å². The van der Waals surface area contributed by atoms with Gasteiger partial charge in [-0.2, -0.15) is 0 Å². The number of carbonyl (C=O) groups is 1. The Morgan fingerprint density at radius 2 is 2.12 bits per heavy atom. The molecular formula is C11H21N3O2. The summed E-state index contributed by atoms with van der Waals surface area (Å²) >= 11 is 0. The third-order valence-corrected chi connectivity index (χ3v) is 3.31. The van der Waals surface area contributed by atoms with Crippen LogP contribution in [-0.2, 0) is 4.79 Å². The Hall–Kier alpha value is -1.26. The fourth-order valence-corrected chi connectivity index (χ4v) is 2.22. The van der Waals surface area contributed by atoms with Crippen LogP contribution in [0.15, 0.2) is 5.16 Å². The second-order valence-electron chi connectivity index (χ2n) is 4.38. The number of rotatable bonds is 5. The lowest BCUT2D eigenvalue weighted by atomic mass is 9.84. The van der Waals surface area contributed by atoms with Crippen molar-refractivity contribution in [3.63, 3.8) is 0 Å². The average molecular weight is 227 g/mol. The highest BCUT2D eigenvalue weighted by atomic mass is 16.4. The van der Waals surface area contributed by atoms with E-state index in [9.17, 15) is 4.79 Å². The van der Waals surface area contributed by atoms with E-state index >= 15 is 0 Å². The van der Waals surface area contributed by atoms with Gasteiger partial charge in [0, 0.05) is 6.54 Å². The number of hydrogen-bond acceptors (Lipinski definition) is 3. The van der Waals surface area contributed by atoms with Crippen LogP contribution in [0.3, 0.4) is 0 Å². The lowest BCUT2D eigenvalue weighted by Crippen LogP contribution is -2.48. The minimum atomic E-state index is -0.761. The van der Waals surface area contributed by atoms with Gasteiger partial charge in [-0.3, -0.25) is 4.79 Å². The van der Waals surface area contributed by atoms with Gasteiger partial charge in [-0.15, -0.1) is 0 Å². The van der Waals surface area contributed by atoms with Crippen molar-refractivity contribution in [2.45, 2.75) is 45.4 Å². The Bertz CT molecular complexity index is 270. The second-order valence-corrected chi connectivity index (χ2v) is 4.38. The Morgan fingerprint density at radius 3 is 2.62 bits per heavy atom. The standard InChI is InChI=1S/C11H21N3O2/c1-2-3-8-13-10(15)11(9(12)14-16)6-4-5-7-11/h16H,2-8H2,1H3,(H2,12,14)(H,13,15). The molecule has 92 valence electrons. The van der Waals surface area contributed by atoms with E-state index in [1.807, 2.05) is 0 Å². The highest BCUT2D eigenvalue weighted by Gasteiger charge is 2.45. The van der Waals surface area contributed by atoms with E-state index in [0.29, 0.717) is 19.4 Å². The van der Waals surface area contributed by atoms with Crippen molar-refractivity contribution in [2.75, 3.05) is 6.54 Å². The summed E-state index contributed by atoms with van der Waals surface area (Å²) in [6, 6.07) is 0. The molecule has 0 spiro atoms. The van der Waals surface area contributed by atoms with Gasteiger partial charge < -0.3 is 16.3 Å². The van der Waals surface area contributed by atoms with E-state index < -0.39 is 5.41 Å². The van der Waals surface area contributed by atoms with Crippen LogP contribution in [0.5, 0.6) is 0 Å². The van der Waals surface area contributed by atoms with Crippen molar-refractivity contribution in [1.29, 1.82) is 0 Å². The van der Waals surface area contributed by atoms with Gasteiger partial charge >= 0.3 is 0 Å². The molecule has 1 rings (SSSR count). The second kappa shape index (κ2) is 5.72. The number of oxime groups is 1. The minimum absolute atomic E-state index is 0.0546. The first-order valence-electron chi connectivity index (χ1n) is 5.93. The summed E-state index contributed by atoms with van der Waals surface area (Å²) in [6.45, 7) is 2.73.